The molecule has 0 aliphatic heterocycles. The Morgan fingerprint density at radius 2 is 1.95 bits per heavy atom. The summed E-state index contributed by atoms with van der Waals surface area (Å²) in [5.41, 5.74) is 10.2. The largest absolute Gasteiger partial charge is 0.389 e. The maximum absolute atomic E-state index is 9.60. The number of aryl methyl sites for hydroxylation is 1. The normalized spacial score (nSPS) is 12.8. The number of nitrogens with zero attached hydrogens (tertiary/aromatic N) is 3. The second-order valence-electron chi connectivity index (χ2n) is 4.94. The molecule has 0 saturated heterocycles. The van der Waals surface area contributed by atoms with Gasteiger partial charge < -0.3 is 10.8 Å². The van der Waals surface area contributed by atoms with Gasteiger partial charge in [0.2, 0.25) is 0 Å². The summed E-state index contributed by atoms with van der Waals surface area (Å²) in [6, 6.07) is 9.76. The number of pyridine rings is 1. The van der Waals surface area contributed by atoms with E-state index in [4.69, 9.17) is 5.73 Å². The third-order valence-electron chi connectivity index (χ3n) is 3.33. The maximum Gasteiger partial charge on any atom is 0.153 e. The van der Waals surface area contributed by atoms with Crippen LogP contribution in [0.1, 0.15) is 24.2 Å². The van der Waals surface area contributed by atoms with Crippen LogP contribution in [0.25, 0.3) is 16.7 Å². The first-order chi connectivity index (χ1) is 9.56. The summed E-state index contributed by atoms with van der Waals surface area (Å²) in [7, 11) is 0. The minimum Gasteiger partial charge on any atom is -0.389 e. The lowest BCUT2D eigenvalue weighted by atomic mass is 10.2. The molecule has 0 aliphatic rings. The Morgan fingerprint density at radius 3 is 2.60 bits per heavy atom. The van der Waals surface area contributed by atoms with Gasteiger partial charge in [0.1, 0.15) is 11.0 Å². The zero-order chi connectivity index (χ0) is 14.3. The molecule has 102 valence electrons. The number of aromatic nitrogens is 3. The van der Waals surface area contributed by atoms with Gasteiger partial charge in [0.05, 0.1) is 11.8 Å². The van der Waals surface area contributed by atoms with Crippen molar-refractivity contribution in [3.05, 3.63) is 47.7 Å². The molecule has 0 fully saturated rings. The molecule has 0 bridgehead atoms. The fourth-order valence-electron chi connectivity index (χ4n) is 2.12. The predicted octanol–water partition coefficient (Wildman–Crippen LogP) is 2.36. The zero-order valence-corrected chi connectivity index (χ0v) is 11.4. The van der Waals surface area contributed by atoms with Gasteiger partial charge >= 0.3 is 0 Å². The molecule has 3 aromatic rings. The Hall–Kier alpha value is -2.40. The molecule has 0 spiro atoms. The first-order valence-corrected chi connectivity index (χ1v) is 6.45. The van der Waals surface area contributed by atoms with Gasteiger partial charge in [-0.1, -0.05) is 17.7 Å². The standard InChI is InChI=1S/C15H16N4O/c1-9-3-5-12(6-4-9)19-15(16)14-13(18-19)7-11(8-17-14)10(2)20/h3-8,10,20H,16H2,1-2H3. The molecule has 5 heteroatoms. The monoisotopic (exact) mass is 268 g/mol. The molecular formula is C15H16N4O. The molecule has 0 aliphatic carbocycles. The van der Waals surface area contributed by atoms with Gasteiger partial charge in [0.15, 0.2) is 5.82 Å². The molecule has 3 N–H and O–H groups in total. The average molecular weight is 268 g/mol. The Labute approximate surface area is 116 Å². The number of aliphatic hydroxyl groups excluding tert-OH is 1. The van der Waals surface area contributed by atoms with Gasteiger partial charge in [-0.05, 0) is 32.0 Å². The van der Waals surface area contributed by atoms with E-state index in [9.17, 15) is 5.11 Å². The summed E-state index contributed by atoms with van der Waals surface area (Å²) in [5, 5.41) is 14.1. The van der Waals surface area contributed by atoms with E-state index in [1.807, 2.05) is 37.3 Å². The van der Waals surface area contributed by atoms with Crippen molar-refractivity contribution in [3.63, 3.8) is 0 Å². The molecule has 0 amide bonds. The van der Waals surface area contributed by atoms with Crippen molar-refractivity contribution in [2.45, 2.75) is 20.0 Å². The van der Waals surface area contributed by atoms with Gasteiger partial charge in [-0.15, -0.1) is 0 Å². The minimum absolute atomic E-state index is 0.501. The number of fused-ring (bicyclic) bond motifs is 1. The number of nitrogen functional groups attached to an aromatic ring is 1. The van der Waals surface area contributed by atoms with Crippen molar-refractivity contribution in [1.29, 1.82) is 0 Å². The summed E-state index contributed by atoms with van der Waals surface area (Å²) in [6.45, 7) is 3.73. The van der Waals surface area contributed by atoms with E-state index in [2.05, 4.69) is 10.1 Å². The van der Waals surface area contributed by atoms with E-state index < -0.39 is 6.10 Å². The van der Waals surface area contributed by atoms with Gasteiger partial charge in [0, 0.05) is 11.8 Å². The van der Waals surface area contributed by atoms with Gasteiger partial charge in [0.25, 0.3) is 0 Å². The van der Waals surface area contributed by atoms with Crippen LogP contribution in [0.2, 0.25) is 0 Å². The number of rotatable bonds is 2. The highest BCUT2D eigenvalue weighted by molar-refractivity contribution is 5.86. The van der Waals surface area contributed by atoms with Crippen molar-refractivity contribution in [3.8, 4) is 5.69 Å². The van der Waals surface area contributed by atoms with E-state index in [0.717, 1.165) is 11.3 Å². The fraction of sp³-hybridized carbons (Fsp3) is 0.200. The van der Waals surface area contributed by atoms with E-state index in [1.54, 1.807) is 17.8 Å². The molecule has 2 aromatic heterocycles. The predicted molar refractivity (Wildman–Crippen MR) is 78.6 cm³/mol. The van der Waals surface area contributed by atoms with Crippen LogP contribution in [-0.2, 0) is 0 Å². The first kappa shape index (κ1) is 12.6. The lowest BCUT2D eigenvalue weighted by molar-refractivity contribution is 0.199. The molecule has 5 nitrogen and oxygen atoms in total. The second kappa shape index (κ2) is 4.61. The highest BCUT2D eigenvalue weighted by Gasteiger charge is 2.13. The lowest BCUT2D eigenvalue weighted by Crippen LogP contribution is -2.01. The molecule has 0 radical (unpaired) electrons. The first-order valence-electron chi connectivity index (χ1n) is 6.45. The number of benzene rings is 1. The summed E-state index contributed by atoms with van der Waals surface area (Å²) in [4.78, 5) is 4.30. The molecule has 3 rings (SSSR count). The SMILES string of the molecule is Cc1ccc(-n2nc3cc(C(C)O)cnc3c2N)cc1. The number of hydrogen-bond acceptors (Lipinski definition) is 4. The quantitative estimate of drug-likeness (QED) is 0.748. The van der Waals surface area contributed by atoms with E-state index in [0.29, 0.717) is 16.9 Å². The van der Waals surface area contributed by atoms with Crippen molar-refractivity contribution in [2.75, 3.05) is 5.73 Å². The van der Waals surface area contributed by atoms with E-state index in [-0.39, 0.29) is 0 Å². The van der Waals surface area contributed by atoms with Crippen LogP contribution in [0.3, 0.4) is 0 Å². The molecular weight excluding hydrogens is 252 g/mol. The number of nitrogens with two attached hydrogens (primary N) is 1. The minimum atomic E-state index is -0.572. The topological polar surface area (TPSA) is 77.0 Å². The van der Waals surface area contributed by atoms with Crippen LogP contribution in [0.15, 0.2) is 36.5 Å². The molecule has 1 aromatic carbocycles. The fourth-order valence-corrected chi connectivity index (χ4v) is 2.12. The number of anilines is 1. The summed E-state index contributed by atoms with van der Waals surface area (Å²) >= 11 is 0. The highest BCUT2D eigenvalue weighted by Crippen LogP contribution is 2.24. The molecule has 1 unspecified atom stereocenters. The molecule has 20 heavy (non-hydrogen) atoms. The zero-order valence-electron chi connectivity index (χ0n) is 11.4. The van der Waals surface area contributed by atoms with Crippen LogP contribution >= 0.6 is 0 Å². The highest BCUT2D eigenvalue weighted by atomic mass is 16.3. The smallest absolute Gasteiger partial charge is 0.153 e. The lowest BCUT2D eigenvalue weighted by Gasteiger charge is -2.03. The Kier molecular flexibility index (Phi) is 2.91. The third kappa shape index (κ3) is 2.02. The average Bonchev–Trinajstić information content (AvgIpc) is 2.76. The van der Waals surface area contributed by atoms with Crippen molar-refractivity contribution in [2.24, 2.45) is 0 Å². The summed E-state index contributed by atoms with van der Waals surface area (Å²) < 4.78 is 1.67. The number of hydrogen-bond donors (Lipinski definition) is 2. The number of aliphatic hydroxyl groups is 1. The van der Waals surface area contributed by atoms with Crippen molar-refractivity contribution < 1.29 is 5.11 Å². The van der Waals surface area contributed by atoms with Crippen LogP contribution in [0, 0.1) is 6.92 Å². The summed E-state index contributed by atoms with van der Waals surface area (Å²) in [5.74, 6) is 0.501. The van der Waals surface area contributed by atoms with Gasteiger partial charge in [-0.2, -0.15) is 5.10 Å². The van der Waals surface area contributed by atoms with Crippen molar-refractivity contribution >= 4 is 16.9 Å². The molecule has 1 atom stereocenters. The van der Waals surface area contributed by atoms with Crippen LogP contribution < -0.4 is 5.73 Å². The van der Waals surface area contributed by atoms with E-state index in [1.165, 1.54) is 5.56 Å². The van der Waals surface area contributed by atoms with Crippen LogP contribution in [-0.4, -0.2) is 19.9 Å². The third-order valence-corrected chi connectivity index (χ3v) is 3.33. The Balaban J connectivity index is 2.17. The van der Waals surface area contributed by atoms with Gasteiger partial charge in [-0.3, -0.25) is 4.98 Å². The summed E-state index contributed by atoms with van der Waals surface area (Å²) in [6.07, 6.45) is 1.06. The Bertz CT molecular complexity index is 759. The molecule has 0 saturated carbocycles. The second-order valence-corrected chi connectivity index (χ2v) is 4.94. The Morgan fingerprint density at radius 1 is 1.25 bits per heavy atom. The maximum atomic E-state index is 9.60. The van der Waals surface area contributed by atoms with Crippen LogP contribution in [0.5, 0.6) is 0 Å². The van der Waals surface area contributed by atoms with E-state index >= 15 is 0 Å². The van der Waals surface area contributed by atoms with Crippen LogP contribution in [0.4, 0.5) is 5.82 Å². The van der Waals surface area contributed by atoms with Crippen molar-refractivity contribution in [1.82, 2.24) is 14.8 Å². The van der Waals surface area contributed by atoms with Gasteiger partial charge in [-0.25, -0.2) is 4.68 Å². The molecule has 2 heterocycles.